The van der Waals surface area contributed by atoms with Gasteiger partial charge in [-0.3, -0.25) is 0 Å². The summed E-state index contributed by atoms with van der Waals surface area (Å²) in [4.78, 5) is 10.5. The summed E-state index contributed by atoms with van der Waals surface area (Å²) in [6.07, 6.45) is 0. The van der Waals surface area contributed by atoms with E-state index in [0.717, 1.165) is 5.56 Å². The molecule has 15 heavy (non-hydrogen) atoms. The quantitative estimate of drug-likeness (QED) is 0.798. The summed E-state index contributed by atoms with van der Waals surface area (Å²) in [6, 6.07) is 3.31. The Morgan fingerprint density at radius 2 is 1.53 bits per heavy atom. The van der Waals surface area contributed by atoms with Crippen LogP contribution in [0.15, 0.2) is 17.0 Å². The molecule has 0 fully saturated rings. The normalized spacial score (nSPS) is 11.4. The van der Waals surface area contributed by atoms with Gasteiger partial charge in [0.05, 0.1) is 4.90 Å². The van der Waals surface area contributed by atoms with Gasteiger partial charge in [0.15, 0.2) is 0 Å². The van der Waals surface area contributed by atoms with Crippen molar-refractivity contribution < 1.29 is 18.3 Å². The Hall–Kier alpha value is -1.36. The summed E-state index contributed by atoms with van der Waals surface area (Å²) in [5.41, 5.74) is 1.85. The monoisotopic (exact) mass is 228 g/mol. The number of hydrogen-bond donors (Lipinski definition) is 1. The molecule has 1 N–H and O–H groups in total. The van der Waals surface area contributed by atoms with Crippen LogP contribution in [-0.4, -0.2) is 18.8 Å². The Kier molecular flexibility index (Phi) is 2.86. The van der Waals surface area contributed by atoms with Crippen molar-refractivity contribution >= 4 is 15.1 Å². The van der Waals surface area contributed by atoms with Crippen LogP contribution in [0, 0.1) is 20.8 Å². The highest BCUT2D eigenvalue weighted by Gasteiger charge is 2.27. The topological polar surface area (TPSA) is 71.4 Å². The molecular weight excluding hydrogens is 216 g/mol. The summed E-state index contributed by atoms with van der Waals surface area (Å²) in [7, 11) is -4.24. The van der Waals surface area contributed by atoms with Crippen LogP contribution < -0.4 is 0 Å². The van der Waals surface area contributed by atoms with E-state index < -0.39 is 15.1 Å². The molecule has 5 heteroatoms. The van der Waals surface area contributed by atoms with E-state index in [0.29, 0.717) is 11.1 Å². The lowest BCUT2D eigenvalue weighted by atomic mass is 10.1. The molecule has 4 nitrogen and oxygen atoms in total. The van der Waals surface area contributed by atoms with Gasteiger partial charge in [-0.2, -0.15) is 0 Å². The molecule has 0 aromatic heterocycles. The van der Waals surface area contributed by atoms with Gasteiger partial charge in [0.1, 0.15) is 0 Å². The molecule has 0 bridgehead atoms. The number of hydrogen-bond acceptors (Lipinski definition) is 3. The first-order valence-electron chi connectivity index (χ1n) is 4.32. The maximum Gasteiger partial charge on any atom is 0.427 e. The molecular formula is C10H12O4S. The molecule has 0 amide bonds. The Morgan fingerprint density at radius 3 is 1.87 bits per heavy atom. The Balaban J connectivity index is 3.60. The van der Waals surface area contributed by atoms with Gasteiger partial charge in [0.2, 0.25) is 0 Å². The fraction of sp³-hybridized carbons (Fsp3) is 0.300. The minimum absolute atomic E-state index is 0.0967. The minimum atomic E-state index is -4.24. The van der Waals surface area contributed by atoms with Gasteiger partial charge >= 0.3 is 5.30 Å². The highest BCUT2D eigenvalue weighted by molar-refractivity contribution is 8.05. The van der Waals surface area contributed by atoms with Crippen LogP contribution in [-0.2, 0) is 9.84 Å². The number of sulfone groups is 1. The number of benzene rings is 1. The van der Waals surface area contributed by atoms with E-state index in [2.05, 4.69) is 0 Å². The van der Waals surface area contributed by atoms with Crippen molar-refractivity contribution in [2.45, 2.75) is 25.7 Å². The van der Waals surface area contributed by atoms with Crippen molar-refractivity contribution in [1.29, 1.82) is 0 Å². The van der Waals surface area contributed by atoms with Crippen molar-refractivity contribution in [2.24, 2.45) is 0 Å². The fourth-order valence-corrected chi connectivity index (χ4v) is 2.82. The third-order valence-corrected chi connectivity index (χ3v) is 3.74. The van der Waals surface area contributed by atoms with Crippen LogP contribution in [0.5, 0.6) is 0 Å². The second kappa shape index (κ2) is 3.66. The third kappa shape index (κ3) is 2.02. The summed E-state index contributed by atoms with van der Waals surface area (Å²) < 4.78 is 23.0. The van der Waals surface area contributed by atoms with Crippen LogP contribution in [0.2, 0.25) is 0 Å². The average molecular weight is 228 g/mol. The zero-order valence-corrected chi connectivity index (χ0v) is 9.55. The molecule has 0 heterocycles. The van der Waals surface area contributed by atoms with Crippen LogP contribution in [0.25, 0.3) is 0 Å². The lowest BCUT2D eigenvalue weighted by Crippen LogP contribution is -2.15. The molecule has 0 saturated heterocycles. The van der Waals surface area contributed by atoms with Gasteiger partial charge in [0.25, 0.3) is 9.84 Å². The molecule has 0 spiro atoms. The molecule has 1 aromatic carbocycles. The van der Waals surface area contributed by atoms with Gasteiger partial charge in [-0.25, -0.2) is 13.2 Å². The van der Waals surface area contributed by atoms with Crippen LogP contribution in [0.1, 0.15) is 16.7 Å². The molecule has 1 aromatic rings. The molecule has 0 aliphatic heterocycles. The summed E-state index contributed by atoms with van der Waals surface area (Å²) in [5, 5.41) is 6.82. The highest BCUT2D eigenvalue weighted by Crippen LogP contribution is 2.23. The summed E-state index contributed by atoms with van der Waals surface area (Å²) in [6.45, 7) is 5.02. The molecule has 1 rings (SSSR count). The zero-order valence-electron chi connectivity index (χ0n) is 8.73. The number of carboxylic acid groups (broad SMARTS) is 1. The maximum absolute atomic E-state index is 11.5. The van der Waals surface area contributed by atoms with Gasteiger partial charge in [0, 0.05) is 0 Å². The maximum atomic E-state index is 11.5. The van der Waals surface area contributed by atoms with Crippen molar-refractivity contribution in [3.8, 4) is 0 Å². The van der Waals surface area contributed by atoms with Crippen molar-refractivity contribution in [3.05, 3.63) is 28.8 Å². The fourth-order valence-electron chi connectivity index (χ4n) is 1.68. The standard InChI is InChI=1S/C10H12O4S/c1-6-4-7(2)9(8(3)5-6)15(13,14)10(11)12/h4-5H,1-3H3,(H,11,12). The molecule has 0 saturated carbocycles. The van der Waals surface area contributed by atoms with Crippen LogP contribution in [0.3, 0.4) is 0 Å². The second-order valence-corrected chi connectivity index (χ2v) is 5.26. The molecule has 0 radical (unpaired) electrons. The predicted molar refractivity (Wildman–Crippen MR) is 55.9 cm³/mol. The molecule has 0 atom stereocenters. The van der Waals surface area contributed by atoms with Gasteiger partial charge < -0.3 is 5.11 Å². The van der Waals surface area contributed by atoms with Gasteiger partial charge in [-0.05, 0) is 31.9 Å². The third-order valence-electron chi connectivity index (χ3n) is 2.10. The van der Waals surface area contributed by atoms with Crippen LogP contribution >= 0.6 is 0 Å². The largest absolute Gasteiger partial charge is 0.469 e. The molecule has 0 unspecified atom stereocenters. The Morgan fingerprint density at radius 1 is 1.13 bits per heavy atom. The van der Waals surface area contributed by atoms with E-state index in [9.17, 15) is 13.2 Å². The molecule has 0 aliphatic carbocycles. The van der Waals surface area contributed by atoms with Crippen molar-refractivity contribution in [2.75, 3.05) is 0 Å². The molecule has 82 valence electrons. The molecule has 0 aliphatic rings. The van der Waals surface area contributed by atoms with Crippen molar-refractivity contribution in [3.63, 3.8) is 0 Å². The predicted octanol–water partition coefficient (Wildman–Crippen LogP) is 2.06. The van der Waals surface area contributed by atoms with E-state index >= 15 is 0 Å². The van der Waals surface area contributed by atoms with Gasteiger partial charge in [-0.1, -0.05) is 17.7 Å². The number of rotatable bonds is 1. The first-order valence-corrected chi connectivity index (χ1v) is 5.81. The van der Waals surface area contributed by atoms with Gasteiger partial charge in [-0.15, -0.1) is 0 Å². The van der Waals surface area contributed by atoms with E-state index in [-0.39, 0.29) is 4.90 Å². The SMILES string of the molecule is Cc1cc(C)c(S(=O)(=O)C(=O)O)c(C)c1. The number of carbonyl (C=O) groups is 1. The average Bonchev–Trinajstić information content (AvgIpc) is 2.00. The lowest BCUT2D eigenvalue weighted by molar-refractivity contribution is 0.219. The smallest absolute Gasteiger partial charge is 0.427 e. The summed E-state index contributed by atoms with van der Waals surface area (Å²) >= 11 is 0. The van der Waals surface area contributed by atoms with E-state index in [1.54, 1.807) is 26.0 Å². The van der Waals surface area contributed by atoms with E-state index in [4.69, 9.17) is 5.11 Å². The second-order valence-electron chi connectivity index (χ2n) is 3.50. The Labute approximate surface area is 88.5 Å². The number of aryl methyl sites for hydroxylation is 3. The summed E-state index contributed by atoms with van der Waals surface area (Å²) in [5.74, 6) is 0. The van der Waals surface area contributed by atoms with E-state index in [1.807, 2.05) is 6.92 Å². The zero-order chi connectivity index (χ0) is 11.8. The van der Waals surface area contributed by atoms with Crippen molar-refractivity contribution in [1.82, 2.24) is 0 Å². The lowest BCUT2D eigenvalue weighted by Gasteiger charge is -2.08. The van der Waals surface area contributed by atoms with E-state index in [1.165, 1.54) is 0 Å². The Bertz CT molecular complexity index is 491. The minimum Gasteiger partial charge on any atom is -0.469 e. The first-order chi connectivity index (χ1) is 6.76. The highest BCUT2D eigenvalue weighted by atomic mass is 32.2. The van der Waals surface area contributed by atoms with Crippen LogP contribution in [0.4, 0.5) is 4.79 Å². The first kappa shape index (κ1) is 11.7.